The standard InChI is InChI=1S/C29H24N2O2S/c1-19-8-6-11-22(16-19)30-29-31(23-12-7-9-20(2)17-23)28(32)27(34-29)18-25-24-13-5-4-10-21(24)14-15-26(25)33-3/h4-18H,1-3H3/b27-18+,30-29?. The van der Waals surface area contributed by atoms with Crippen molar-refractivity contribution in [2.24, 2.45) is 4.99 Å². The average molecular weight is 465 g/mol. The molecule has 1 aliphatic rings. The summed E-state index contributed by atoms with van der Waals surface area (Å²) in [5.74, 6) is 0.628. The summed E-state index contributed by atoms with van der Waals surface area (Å²) in [6.07, 6.45) is 1.93. The van der Waals surface area contributed by atoms with Crippen LogP contribution in [0.1, 0.15) is 16.7 Å². The SMILES string of the molecule is COc1ccc2ccccc2c1/C=C1/SC(=Nc2cccc(C)c2)N(c2cccc(C)c2)C1=O. The molecule has 5 heteroatoms. The van der Waals surface area contributed by atoms with Crippen molar-refractivity contribution in [3.05, 3.63) is 107 Å². The van der Waals surface area contributed by atoms with Gasteiger partial charge in [-0.15, -0.1) is 0 Å². The Balaban J connectivity index is 1.66. The highest BCUT2D eigenvalue weighted by Crippen LogP contribution is 2.40. The van der Waals surface area contributed by atoms with E-state index < -0.39 is 0 Å². The van der Waals surface area contributed by atoms with Gasteiger partial charge in [-0.3, -0.25) is 9.69 Å². The van der Waals surface area contributed by atoms with E-state index in [9.17, 15) is 4.79 Å². The number of aliphatic imine (C=N–C) groups is 1. The number of anilines is 1. The monoisotopic (exact) mass is 464 g/mol. The van der Waals surface area contributed by atoms with Crippen LogP contribution in [-0.4, -0.2) is 18.2 Å². The minimum Gasteiger partial charge on any atom is -0.496 e. The molecule has 1 heterocycles. The molecule has 0 aromatic heterocycles. The first-order valence-corrected chi connectivity index (χ1v) is 11.9. The molecule has 4 aromatic rings. The van der Waals surface area contributed by atoms with Crippen molar-refractivity contribution < 1.29 is 9.53 Å². The molecule has 1 fully saturated rings. The Bertz CT molecular complexity index is 1470. The maximum Gasteiger partial charge on any atom is 0.271 e. The number of ether oxygens (including phenoxy) is 1. The number of hydrogen-bond acceptors (Lipinski definition) is 4. The summed E-state index contributed by atoms with van der Waals surface area (Å²) in [7, 11) is 1.65. The van der Waals surface area contributed by atoms with Gasteiger partial charge in [-0.1, -0.05) is 54.6 Å². The third-order valence-corrected chi connectivity index (χ3v) is 6.69. The fourth-order valence-electron chi connectivity index (χ4n) is 4.09. The summed E-state index contributed by atoms with van der Waals surface area (Å²) in [6.45, 7) is 4.05. The Morgan fingerprint density at radius 3 is 2.41 bits per heavy atom. The minimum absolute atomic E-state index is 0.100. The summed E-state index contributed by atoms with van der Waals surface area (Å²) in [5, 5.41) is 2.76. The van der Waals surface area contributed by atoms with E-state index in [0.29, 0.717) is 10.1 Å². The van der Waals surface area contributed by atoms with E-state index in [4.69, 9.17) is 9.73 Å². The lowest BCUT2D eigenvalue weighted by atomic mass is 10.0. The van der Waals surface area contributed by atoms with Crippen molar-refractivity contribution in [2.75, 3.05) is 12.0 Å². The number of thioether (sulfide) groups is 1. The molecule has 4 aromatic carbocycles. The Hall–Kier alpha value is -3.83. The molecule has 0 atom stereocenters. The Kier molecular flexibility index (Phi) is 5.95. The fourth-order valence-corrected chi connectivity index (χ4v) is 5.07. The van der Waals surface area contributed by atoms with E-state index >= 15 is 0 Å². The lowest BCUT2D eigenvalue weighted by Gasteiger charge is -2.16. The molecule has 0 spiro atoms. The summed E-state index contributed by atoms with van der Waals surface area (Å²) in [4.78, 5) is 20.9. The first kappa shape index (κ1) is 22.0. The molecule has 1 amide bonds. The molecule has 1 aliphatic heterocycles. The number of aryl methyl sites for hydroxylation is 2. The lowest BCUT2D eigenvalue weighted by molar-refractivity contribution is -0.113. The van der Waals surface area contributed by atoms with E-state index in [1.54, 1.807) is 12.0 Å². The van der Waals surface area contributed by atoms with Gasteiger partial charge in [0, 0.05) is 5.56 Å². The zero-order valence-electron chi connectivity index (χ0n) is 19.3. The van der Waals surface area contributed by atoms with Gasteiger partial charge in [0.2, 0.25) is 0 Å². The number of rotatable bonds is 4. The second-order valence-electron chi connectivity index (χ2n) is 8.23. The number of benzene rings is 4. The van der Waals surface area contributed by atoms with Gasteiger partial charge in [0.05, 0.1) is 23.4 Å². The zero-order chi connectivity index (χ0) is 23.7. The van der Waals surface area contributed by atoms with Gasteiger partial charge in [0.25, 0.3) is 5.91 Å². The largest absolute Gasteiger partial charge is 0.496 e. The fraction of sp³-hybridized carbons (Fsp3) is 0.103. The van der Waals surface area contributed by atoms with Crippen LogP contribution in [0.3, 0.4) is 0 Å². The minimum atomic E-state index is -0.100. The molecule has 0 saturated carbocycles. The number of methoxy groups -OCH3 is 1. The topological polar surface area (TPSA) is 41.9 Å². The van der Waals surface area contributed by atoms with Crippen LogP contribution in [0.15, 0.2) is 94.8 Å². The number of amides is 1. The summed E-state index contributed by atoms with van der Waals surface area (Å²) in [5.41, 5.74) is 4.71. The normalized spacial score (nSPS) is 16.1. The van der Waals surface area contributed by atoms with E-state index in [1.807, 2.05) is 92.7 Å². The summed E-state index contributed by atoms with van der Waals surface area (Å²) in [6, 6.07) is 28.0. The molecular weight excluding hydrogens is 440 g/mol. The summed E-state index contributed by atoms with van der Waals surface area (Å²) < 4.78 is 5.65. The maximum absolute atomic E-state index is 13.7. The van der Waals surface area contributed by atoms with Crippen LogP contribution in [0, 0.1) is 13.8 Å². The van der Waals surface area contributed by atoms with Crippen LogP contribution in [0.25, 0.3) is 16.8 Å². The first-order valence-electron chi connectivity index (χ1n) is 11.1. The van der Waals surface area contributed by atoms with Gasteiger partial charge in [-0.2, -0.15) is 0 Å². The van der Waals surface area contributed by atoms with Crippen molar-refractivity contribution in [3.8, 4) is 5.75 Å². The third kappa shape index (κ3) is 4.22. The van der Waals surface area contributed by atoms with E-state index in [1.165, 1.54) is 11.8 Å². The maximum atomic E-state index is 13.7. The number of amidine groups is 1. The summed E-state index contributed by atoms with van der Waals surface area (Å²) >= 11 is 1.38. The van der Waals surface area contributed by atoms with E-state index in [0.717, 1.165) is 44.6 Å². The van der Waals surface area contributed by atoms with E-state index in [2.05, 4.69) is 12.1 Å². The average Bonchev–Trinajstić information content (AvgIpc) is 3.13. The van der Waals surface area contributed by atoms with E-state index in [-0.39, 0.29) is 5.91 Å². The second-order valence-corrected chi connectivity index (χ2v) is 9.24. The number of hydrogen-bond donors (Lipinski definition) is 0. The molecule has 0 bridgehead atoms. The van der Waals surface area contributed by atoms with Gasteiger partial charge in [-0.25, -0.2) is 4.99 Å². The second kappa shape index (κ2) is 9.20. The third-order valence-electron chi connectivity index (χ3n) is 5.72. The van der Waals surface area contributed by atoms with Crippen molar-refractivity contribution in [1.82, 2.24) is 0 Å². The van der Waals surface area contributed by atoms with Gasteiger partial charge in [-0.05, 0) is 83.9 Å². The van der Waals surface area contributed by atoms with Crippen molar-refractivity contribution in [3.63, 3.8) is 0 Å². The number of fused-ring (bicyclic) bond motifs is 1. The Labute approximate surface area is 203 Å². The molecule has 4 nitrogen and oxygen atoms in total. The molecule has 34 heavy (non-hydrogen) atoms. The molecule has 168 valence electrons. The number of carbonyl (C=O) groups excluding carboxylic acids is 1. The van der Waals surface area contributed by atoms with Crippen LogP contribution in [0.2, 0.25) is 0 Å². The number of nitrogens with zero attached hydrogens (tertiary/aromatic N) is 2. The lowest BCUT2D eigenvalue weighted by Crippen LogP contribution is -2.28. The van der Waals surface area contributed by atoms with Crippen LogP contribution in [-0.2, 0) is 4.79 Å². The van der Waals surface area contributed by atoms with Gasteiger partial charge in [0.15, 0.2) is 5.17 Å². The van der Waals surface area contributed by atoms with Gasteiger partial charge < -0.3 is 4.74 Å². The van der Waals surface area contributed by atoms with Gasteiger partial charge in [0.1, 0.15) is 5.75 Å². The molecule has 0 radical (unpaired) electrons. The Morgan fingerprint density at radius 1 is 0.882 bits per heavy atom. The molecule has 5 rings (SSSR count). The quantitative estimate of drug-likeness (QED) is 0.298. The van der Waals surface area contributed by atoms with Crippen LogP contribution >= 0.6 is 11.8 Å². The van der Waals surface area contributed by atoms with Crippen LogP contribution in [0.5, 0.6) is 5.75 Å². The van der Waals surface area contributed by atoms with Crippen molar-refractivity contribution in [1.29, 1.82) is 0 Å². The molecule has 0 N–H and O–H groups in total. The van der Waals surface area contributed by atoms with Gasteiger partial charge >= 0.3 is 0 Å². The highest BCUT2D eigenvalue weighted by atomic mass is 32.2. The Morgan fingerprint density at radius 2 is 1.65 bits per heavy atom. The smallest absolute Gasteiger partial charge is 0.271 e. The highest BCUT2D eigenvalue weighted by Gasteiger charge is 2.35. The zero-order valence-corrected chi connectivity index (χ0v) is 20.1. The molecule has 0 aliphatic carbocycles. The highest BCUT2D eigenvalue weighted by molar-refractivity contribution is 8.19. The van der Waals surface area contributed by atoms with Crippen molar-refractivity contribution >= 4 is 51.1 Å². The molecule has 0 unspecified atom stereocenters. The van der Waals surface area contributed by atoms with Crippen LogP contribution in [0.4, 0.5) is 11.4 Å². The van der Waals surface area contributed by atoms with Crippen LogP contribution < -0.4 is 9.64 Å². The number of carbonyl (C=O) groups is 1. The predicted molar refractivity (Wildman–Crippen MR) is 143 cm³/mol. The molecule has 1 saturated heterocycles. The molecular formula is C29H24N2O2S. The first-order chi connectivity index (χ1) is 16.5. The predicted octanol–water partition coefficient (Wildman–Crippen LogP) is 7.27. The van der Waals surface area contributed by atoms with Crippen molar-refractivity contribution in [2.45, 2.75) is 13.8 Å².